The van der Waals surface area contributed by atoms with Crippen LogP contribution in [0.15, 0.2) is 127 Å². The second kappa shape index (κ2) is 12.6. The molecule has 2 unspecified atom stereocenters. The van der Waals surface area contributed by atoms with Crippen molar-refractivity contribution in [1.29, 1.82) is 0 Å². The summed E-state index contributed by atoms with van der Waals surface area (Å²) in [7, 11) is -3.00. The molecular weight excluding hydrogens is 722 g/mol. The number of rotatable bonds is 6. The zero-order valence-electron chi connectivity index (χ0n) is 35.4. The van der Waals surface area contributed by atoms with Crippen LogP contribution in [0.25, 0.3) is 0 Å². The molecular formula is C51H56BN3Si2. The Morgan fingerprint density at radius 2 is 1.14 bits per heavy atom. The Balaban J connectivity index is 1.31. The summed E-state index contributed by atoms with van der Waals surface area (Å²) in [5.41, 5.74) is 17.4. The summed E-state index contributed by atoms with van der Waals surface area (Å²) in [6.07, 6.45) is 4.94. The van der Waals surface area contributed by atoms with Crippen molar-refractivity contribution in [2.45, 2.75) is 96.7 Å². The van der Waals surface area contributed by atoms with E-state index in [1.165, 1.54) is 104 Å². The molecule has 1 fully saturated rings. The van der Waals surface area contributed by atoms with E-state index < -0.39 is 16.1 Å². The van der Waals surface area contributed by atoms with Gasteiger partial charge in [0.25, 0.3) is 6.71 Å². The molecule has 6 aromatic rings. The molecule has 6 aromatic carbocycles. The van der Waals surface area contributed by atoms with Crippen LogP contribution in [-0.4, -0.2) is 28.4 Å². The minimum absolute atomic E-state index is 0.0473. The van der Waals surface area contributed by atoms with E-state index in [1.54, 1.807) is 5.56 Å². The highest BCUT2D eigenvalue weighted by Crippen LogP contribution is 2.62. The molecule has 0 N–H and O–H groups in total. The van der Waals surface area contributed by atoms with Crippen molar-refractivity contribution in [1.82, 2.24) is 0 Å². The van der Waals surface area contributed by atoms with E-state index in [2.05, 4.69) is 202 Å². The van der Waals surface area contributed by atoms with Gasteiger partial charge in [0.1, 0.15) is 0 Å². The quantitative estimate of drug-likeness (QED) is 0.156. The van der Waals surface area contributed by atoms with Crippen LogP contribution in [-0.2, 0) is 5.41 Å². The number of aryl methyl sites for hydroxylation is 1. The first-order valence-electron chi connectivity index (χ1n) is 21.3. The van der Waals surface area contributed by atoms with Crippen LogP contribution in [0.1, 0.15) is 50.7 Å². The van der Waals surface area contributed by atoms with Crippen LogP contribution >= 0.6 is 0 Å². The molecule has 3 nitrogen and oxygen atoms in total. The highest BCUT2D eigenvalue weighted by atomic mass is 28.3. The lowest BCUT2D eigenvalue weighted by Crippen LogP contribution is -2.64. The van der Waals surface area contributed by atoms with Gasteiger partial charge in [-0.15, -0.1) is 0 Å². The van der Waals surface area contributed by atoms with Crippen LogP contribution in [0.2, 0.25) is 39.3 Å². The molecule has 3 heterocycles. The number of anilines is 8. The molecule has 286 valence electrons. The lowest BCUT2D eigenvalue weighted by molar-refractivity contribution is 0.195. The van der Waals surface area contributed by atoms with E-state index in [4.69, 9.17) is 0 Å². The minimum Gasteiger partial charge on any atom is -0.335 e. The Hall–Kier alpha value is -4.78. The molecule has 0 radical (unpaired) electrons. The predicted octanol–water partition coefficient (Wildman–Crippen LogP) is 10.9. The Morgan fingerprint density at radius 1 is 0.579 bits per heavy atom. The fourth-order valence-corrected chi connectivity index (χ4v) is 13.5. The van der Waals surface area contributed by atoms with E-state index in [0.29, 0.717) is 0 Å². The summed E-state index contributed by atoms with van der Waals surface area (Å²) in [5, 5.41) is 2.97. The van der Waals surface area contributed by atoms with E-state index in [9.17, 15) is 0 Å². The van der Waals surface area contributed by atoms with Crippen LogP contribution in [0.5, 0.6) is 0 Å². The maximum Gasteiger partial charge on any atom is 0.252 e. The fraction of sp³-hybridized carbons (Fsp3) is 0.294. The van der Waals surface area contributed by atoms with Gasteiger partial charge in [-0.1, -0.05) is 148 Å². The Labute approximate surface area is 343 Å². The van der Waals surface area contributed by atoms with Crippen molar-refractivity contribution in [3.63, 3.8) is 0 Å². The minimum atomic E-state index is -1.50. The van der Waals surface area contributed by atoms with Gasteiger partial charge in [-0.3, -0.25) is 0 Å². The molecule has 4 aliphatic rings. The average Bonchev–Trinajstić information content (AvgIpc) is 3.40. The van der Waals surface area contributed by atoms with Crippen LogP contribution in [0, 0.1) is 6.92 Å². The zero-order chi connectivity index (χ0) is 39.6. The number of nitrogens with zero attached hydrogens (tertiary/aromatic N) is 3. The molecule has 6 heteroatoms. The normalized spacial score (nSPS) is 20.5. The van der Waals surface area contributed by atoms with Gasteiger partial charge in [0.2, 0.25) is 0 Å². The molecule has 0 bridgehead atoms. The van der Waals surface area contributed by atoms with Crippen molar-refractivity contribution in [2.24, 2.45) is 0 Å². The third kappa shape index (κ3) is 5.29. The van der Waals surface area contributed by atoms with Crippen molar-refractivity contribution in [3.05, 3.63) is 139 Å². The summed E-state index contributed by atoms with van der Waals surface area (Å²) >= 11 is 0. The highest BCUT2D eigenvalue weighted by molar-refractivity contribution is 7.00. The largest absolute Gasteiger partial charge is 0.335 e. The van der Waals surface area contributed by atoms with Gasteiger partial charge in [0, 0.05) is 45.2 Å². The molecule has 1 saturated carbocycles. The molecule has 0 spiro atoms. The maximum absolute atomic E-state index is 2.86. The summed E-state index contributed by atoms with van der Waals surface area (Å²) in [6, 6.07) is 49.6. The van der Waals surface area contributed by atoms with Gasteiger partial charge >= 0.3 is 0 Å². The summed E-state index contributed by atoms with van der Waals surface area (Å²) in [6.45, 7) is 22.3. The fourth-order valence-electron chi connectivity index (χ4n) is 11.1. The van der Waals surface area contributed by atoms with Gasteiger partial charge < -0.3 is 14.7 Å². The zero-order valence-corrected chi connectivity index (χ0v) is 37.4. The Morgan fingerprint density at radius 3 is 1.75 bits per heavy atom. The van der Waals surface area contributed by atoms with E-state index in [-0.39, 0.29) is 17.7 Å². The number of hydrogen-bond donors (Lipinski definition) is 0. The topological polar surface area (TPSA) is 9.72 Å². The maximum atomic E-state index is 2.86. The summed E-state index contributed by atoms with van der Waals surface area (Å²) < 4.78 is 0. The number of hydrogen-bond acceptors (Lipinski definition) is 3. The van der Waals surface area contributed by atoms with Crippen molar-refractivity contribution in [3.8, 4) is 0 Å². The molecule has 10 rings (SSSR count). The standard InChI is InChI=1S/C51H56BN3Si2/c1-35-17-15-21-43-48(35)54(36-18-11-10-12-19-36)45-33-39(53(37-23-27-40(28-24-37)56(4,5)6)38-25-29-41(30-26-38)57(7,8)9)34-46-47(45)52(43)44-22-16-20-42-49(44)55(46)51(3)32-14-13-31-50(42,51)2/h10-12,15-30,33-34H,13-14,31-32H2,1-9H3. The molecule has 3 aliphatic heterocycles. The first-order valence-corrected chi connectivity index (χ1v) is 28.3. The predicted molar refractivity (Wildman–Crippen MR) is 254 cm³/mol. The third-order valence-corrected chi connectivity index (χ3v) is 18.6. The van der Waals surface area contributed by atoms with E-state index in [0.717, 1.165) is 0 Å². The molecule has 1 aliphatic carbocycles. The second-order valence-electron chi connectivity index (χ2n) is 19.8. The van der Waals surface area contributed by atoms with Crippen LogP contribution in [0.3, 0.4) is 0 Å². The van der Waals surface area contributed by atoms with E-state index in [1.807, 2.05) is 0 Å². The smallest absolute Gasteiger partial charge is 0.252 e. The first kappa shape index (κ1) is 36.6. The van der Waals surface area contributed by atoms with Crippen molar-refractivity contribution in [2.75, 3.05) is 14.7 Å². The average molecular weight is 778 g/mol. The van der Waals surface area contributed by atoms with E-state index >= 15 is 0 Å². The van der Waals surface area contributed by atoms with Gasteiger partial charge in [0.15, 0.2) is 0 Å². The molecule has 0 saturated heterocycles. The lowest BCUT2D eigenvalue weighted by atomic mass is 9.33. The van der Waals surface area contributed by atoms with Crippen LogP contribution in [0.4, 0.5) is 45.5 Å². The SMILES string of the molecule is Cc1cccc2c1N(c1ccccc1)c1cc(N(c3ccc([Si](C)(C)C)cc3)c3ccc([Si](C)(C)C)cc3)cc3c1B2c1cccc2c1N3C1(C)CCCCC21C. The first-order chi connectivity index (χ1) is 27.2. The number of benzene rings is 6. The molecule has 2 atom stereocenters. The summed E-state index contributed by atoms with van der Waals surface area (Å²) in [4.78, 5) is 8.00. The Kier molecular flexibility index (Phi) is 8.08. The lowest BCUT2D eigenvalue weighted by Gasteiger charge is -2.53. The molecule has 0 aromatic heterocycles. The van der Waals surface area contributed by atoms with Crippen molar-refractivity contribution < 1.29 is 0 Å². The third-order valence-electron chi connectivity index (χ3n) is 14.4. The van der Waals surface area contributed by atoms with Crippen molar-refractivity contribution >= 4 is 95.1 Å². The number of para-hydroxylation sites is 3. The molecule has 57 heavy (non-hydrogen) atoms. The van der Waals surface area contributed by atoms with Gasteiger partial charge in [-0.05, 0) is 103 Å². The van der Waals surface area contributed by atoms with Gasteiger partial charge in [-0.25, -0.2) is 0 Å². The summed E-state index contributed by atoms with van der Waals surface area (Å²) in [5.74, 6) is 0. The second-order valence-corrected chi connectivity index (χ2v) is 30.0. The number of fused-ring (bicyclic) bond motifs is 7. The monoisotopic (exact) mass is 777 g/mol. The Bertz CT molecular complexity index is 2500. The van der Waals surface area contributed by atoms with Gasteiger partial charge in [0.05, 0.1) is 27.4 Å². The van der Waals surface area contributed by atoms with Gasteiger partial charge in [-0.2, -0.15) is 0 Å². The van der Waals surface area contributed by atoms with Crippen LogP contribution < -0.4 is 41.5 Å². The highest BCUT2D eigenvalue weighted by Gasteiger charge is 2.61. The molecule has 0 amide bonds.